The van der Waals surface area contributed by atoms with Crippen molar-refractivity contribution >= 4 is 11.9 Å². The number of aliphatic carboxylic acids is 1. The number of hydrogen-bond donors (Lipinski definition) is 3. The minimum Gasteiger partial charge on any atom is -0.480 e. The van der Waals surface area contributed by atoms with Gasteiger partial charge in [0.1, 0.15) is 5.54 Å². The van der Waals surface area contributed by atoms with Crippen LogP contribution in [0.3, 0.4) is 0 Å². The molecule has 1 amide bonds. The number of carboxylic acids is 1. The molecule has 2 rings (SSSR count). The molecule has 2 aliphatic rings. The Kier molecular flexibility index (Phi) is 3.66. The summed E-state index contributed by atoms with van der Waals surface area (Å²) in [6.45, 7) is 0.845. The Morgan fingerprint density at radius 1 is 1.18 bits per heavy atom. The van der Waals surface area contributed by atoms with E-state index in [-0.39, 0.29) is 11.9 Å². The van der Waals surface area contributed by atoms with Gasteiger partial charge < -0.3 is 15.7 Å². The average Bonchev–Trinajstić information content (AvgIpc) is 2.80. The van der Waals surface area contributed by atoms with Gasteiger partial charge in [-0.05, 0) is 32.2 Å². The molecule has 0 aromatic heterocycles. The van der Waals surface area contributed by atoms with Crippen molar-refractivity contribution in [1.82, 2.24) is 10.6 Å². The van der Waals surface area contributed by atoms with Crippen LogP contribution >= 0.6 is 0 Å². The molecule has 5 heteroatoms. The fourth-order valence-electron chi connectivity index (χ4n) is 2.77. The van der Waals surface area contributed by atoms with E-state index in [0.29, 0.717) is 12.8 Å². The minimum atomic E-state index is -1.00. The van der Waals surface area contributed by atoms with Crippen molar-refractivity contribution in [2.24, 2.45) is 0 Å². The second-order valence-electron chi connectivity index (χ2n) is 5.09. The van der Waals surface area contributed by atoms with E-state index in [1.807, 2.05) is 0 Å². The van der Waals surface area contributed by atoms with Gasteiger partial charge in [0, 0.05) is 0 Å². The molecule has 17 heavy (non-hydrogen) atoms. The van der Waals surface area contributed by atoms with E-state index in [2.05, 4.69) is 10.6 Å². The molecule has 1 saturated carbocycles. The van der Waals surface area contributed by atoms with E-state index in [1.165, 1.54) is 0 Å². The van der Waals surface area contributed by atoms with E-state index in [1.54, 1.807) is 0 Å². The van der Waals surface area contributed by atoms with Gasteiger partial charge in [0.25, 0.3) is 0 Å². The van der Waals surface area contributed by atoms with E-state index in [4.69, 9.17) is 0 Å². The molecule has 1 aliphatic carbocycles. The van der Waals surface area contributed by atoms with Crippen LogP contribution in [0.4, 0.5) is 0 Å². The van der Waals surface area contributed by atoms with Gasteiger partial charge in [0.2, 0.25) is 5.91 Å². The lowest BCUT2D eigenvalue weighted by molar-refractivity contribution is -0.147. The van der Waals surface area contributed by atoms with Gasteiger partial charge in [-0.2, -0.15) is 0 Å². The third-order valence-electron chi connectivity index (χ3n) is 3.86. The second kappa shape index (κ2) is 5.04. The maximum atomic E-state index is 12.0. The Hall–Kier alpha value is -1.10. The van der Waals surface area contributed by atoms with Crippen LogP contribution in [0.1, 0.15) is 44.9 Å². The largest absolute Gasteiger partial charge is 0.480 e. The van der Waals surface area contributed by atoms with Gasteiger partial charge in [-0.1, -0.05) is 19.3 Å². The fourth-order valence-corrected chi connectivity index (χ4v) is 2.77. The topological polar surface area (TPSA) is 78.4 Å². The normalized spacial score (nSPS) is 27.6. The molecule has 0 spiro atoms. The lowest BCUT2D eigenvalue weighted by Crippen LogP contribution is -2.58. The third-order valence-corrected chi connectivity index (χ3v) is 3.86. The standard InChI is InChI=1S/C12H20N2O3/c15-10(9-5-1-4-8-13-9)14-12(11(16)17)6-2-3-7-12/h9,13H,1-8H2,(H,14,15)(H,16,17)/t9-/m1/s1. The molecule has 0 radical (unpaired) electrons. The van der Waals surface area contributed by atoms with Crippen molar-refractivity contribution < 1.29 is 14.7 Å². The summed E-state index contributed by atoms with van der Waals surface area (Å²) in [6.07, 6.45) is 5.80. The Morgan fingerprint density at radius 2 is 1.88 bits per heavy atom. The zero-order valence-corrected chi connectivity index (χ0v) is 10.00. The van der Waals surface area contributed by atoms with E-state index in [0.717, 1.165) is 38.6 Å². The highest BCUT2D eigenvalue weighted by molar-refractivity contribution is 5.89. The van der Waals surface area contributed by atoms with E-state index >= 15 is 0 Å². The molecule has 5 nitrogen and oxygen atoms in total. The number of carboxylic acid groups (broad SMARTS) is 1. The van der Waals surface area contributed by atoms with Crippen LogP contribution in [-0.4, -0.2) is 35.1 Å². The number of amides is 1. The first-order valence-electron chi connectivity index (χ1n) is 6.43. The van der Waals surface area contributed by atoms with Gasteiger partial charge in [-0.25, -0.2) is 4.79 Å². The summed E-state index contributed by atoms with van der Waals surface area (Å²) in [6, 6.07) is -0.208. The van der Waals surface area contributed by atoms with Crippen molar-refractivity contribution in [2.75, 3.05) is 6.54 Å². The van der Waals surface area contributed by atoms with Crippen molar-refractivity contribution in [2.45, 2.75) is 56.5 Å². The predicted octanol–water partition coefficient (Wildman–Crippen LogP) is 0.642. The molecule has 2 fully saturated rings. The Labute approximate surface area is 101 Å². The zero-order chi connectivity index (χ0) is 12.3. The number of carbonyl (C=O) groups excluding carboxylic acids is 1. The van der Waals surface area contributed by atoms with Crippen LogP contribution in [0.15, 0.2) is 0 Å². The predicted molar refractivity (Wildman–Crippen MR) is 62.6 cm³/mol. The van der Waals surface area contributed by atoms with Gasteiger partial charge in [-0.15, -0.1) is 0 Å². The number of carbonyl (C=O) groups is 2. The van der Waals surface area contributed by atoms with Gasteiger partial charge in [0.15, 0.2) is 0 Å². The number of hydrogen-bond acceptors (Lipinski definition) is 3. The summed E-state index contributed by atoms with van der Waals surface area (Å²) in [7, 11) is 0. The molecule has 3 N–H and O–H groups in total. The monoisotopic (exact) mass is 240 g/mol. The Morgan fingerprint density at radius 3 is 2.41 bits per heavy atom. The fraction of sp³-hybridized carbons (Fsp3) is 0.833. The first-order valence-corrected chi connectivity index (χ1v) is 6.43. The molecular formula is C12H20N2O3. The van der Waals surface area contributed by atoms with Crippen molar-refractivity contribution in [3.8, 4) is 0 Å². The average molecular weight is 240 g/mol. The summed E-state index contributed by atoms with van der Waals surface area (Å²) >= 11 is 0. The molecule has 0 unspecified atom stereocenters. The first-order chi connectivity index (χ1) is 8.14. The highest BCUT2D eigenvalue weighted by atomic mass is 16.4. The van der Waals surface area contributed by atoms with Crippen LogP contribution in [0, 0.1) is 0 Å². The second-order valence-corrected chi connectivity index (χ2v) is 5.09. The van der Waals surface area contributed by atoms with Gasteiger partial charge in [0.05, 0.1) is 6.04 Å². The number of piperidine rings is 1. The molecule has 0 aromatic carbocycles. The number of nitrogens with one attached hydrogen (secondary N) is 2. The van der Waals surface area contributed by atoms with Crippen LogP contribution < -0.4 is 10.6 Å². The highest BCUT2D eigenvalue weighted by Crippen LogP contribution is 2.30. The molecule has 1 saturated heterocycles. The molecule has 1 heterocycles. The van der Waals surface area contributed by atoms with Crippen molar-refractivity contribution in [3.63, 3.8) is 0 Å². The van der Waals surface area contributed by atoms with Gasteiger partial charge in [-0.3, -0.25) is 4.79 Å². The smallest absolute Gasteiger partial charge is 0.329 e. The molecule has 0 bridgehead atoms. The van der Waals surface area contributed by atoms with Gasteiger partial charge >= 0.3 is 5.97 Å². The summed E-state index contributed by atoms with van der Waals surface area (Å²) in [5.41, 5.74) is -1.00. The number of rotatable bonds is 3. The lowest BCUT2D eigenvalue weighted by atomic mass is 9.96. The Balaban J connectivity index is 1.98. The zero-order valence-electron chi connectivity index (χ0n) is 10.00. The quantitative estimate of drug-likeness (QED) is 0.676. The molecule has 1 aliphatic heterocycles. The SMILES string of the molecule is O=C(NC1(C(=O)O)CCCC1)[C@H]1CCCCN1. The third kappa shape index (κ3) is 2.60. The molecular weight excluding hydrogens is 220 g/mol. The maximum absolute atomic E-state index is 12.0. The molecule has 96 valence electrons. The lowest BCUT2D eigenvalue weighted by Gasteiger charge is -2.29. The van der Waals surface area contributed by atoms with Crippen LogP contribution in [0.5, 0.6) is 0 Å². The van der Waals surface area contributed by atoms with E-state index in [9.17, 15) is 14.7 Å². The Bertz CT molecular complexity index is 305. The first kappa shape index (κ1) is 12.4. The minimum absolute atomic E-state index is 0.144. The van der Waals surface area contributed by atoms with Crippen LogP contribution in [0.25, 0.3) is 0 Å². The van der Waals surface area contributed by atoms with E-state index < -0.39 is 11.5 Å². The van der Waals surface area contributed by atoms with Crippen molar-refractivity contribution in [1.29, 1.82) is 0 Å². The highest BCUT2D eigenvalue weighted by Gasteiger charge is 2.43. The van der Waals surface area contributed by atoms with Crippen LogP contribution in [0.2, 0.25) is 0 Å². The summed E-state index contributed by atoms with van der Waals surface area (Å²) in [5, 5.41) is 15.2. The maximum Gasteiger partial charge on any atom is 0.329 e. The summed E-state index contributed by atoms with van der Waals surface area (Å²) in [5.74, 6) is -1.03. The summed E-state index contributed by atoms with van der Waals surface area (Å²) in [4.78, 5) is 23.3. The molecule has 1 atom stereocenters. The molecule has 0 aromatic rings. The summed E-state index contributed by atoms with van der Waals surface area (Å²) < 4.78 is 0. The van der Waals surface area contributed by atoms with Crippen LogP contribution in [-0.2, 0) is 9.59 Å². The van der Waals surface area contributed by atoms with Crippen molar-refractivity contribution in [3.05, 3.63) is 0 Å².